The Morgan fingerprint density at radius 1 is 1.21 bits per heavy atom. The molecule has 1 N–H and O–H groups in total. The van der Waals surface area contributed by atoms with Gasteiger partial charge in [0.1, 0.15) is 23.9 Å². The van der Waals surface area contributed by atoms with Crippen molar-refractivity contribution < 1.29 is 14.2 Å². The summed E-state index contributed by atoms with van der Waals surface area (Å²) in [5.74, 6) is 2.92. The van der Waals surface area contributed by atoms with E-state index < -0.39 is 0 Å². The van der Waals surface area contributed by atoms with Gasteiger partial charge in [0.05, 0.1) is 25.6 Å². The Morgan fingerprint density at radius 3 is 2.85 bits per heavy atom. The number of aliphatic imine (C=N–C) groups is 1. The number of aromatic amines is 1. The molecule has 1 atom stereocenters. The van der Waals surface area contributed by atoms with Gasteiger partial charge in [0.25, 0.3) is 0 Å². The number of H-pyrrole nitrogens is 1. The molecule has 1 aromatic heterocycles. The van der Waals surface area contributed by atoms with E-state index in [-0.39, 0.29) is 5.92 Å². The van der Waals surface area contributed by atoms with Crippen molar-refractivity contribution in [2.45, 2.75) is 19.8 Å². The third-order valence-corrected chi connectivity index (χ3v) is 6.39. The predicted octanol–water partition coefficient (Wildman–Crippen LogP) is 4.21. The minimum atomic E-state index is 0.228. The number of hydrogen-bond acceptors (Lipinski definition) is 6. The number of rotatable bonds is 7. The molecule has 33 heavy (non-hydrogen) atoms. The van der Waals surface area contributed by atoms with E-state index in [2.05, 4.69) is 47.4 Å². The van der Waals surface area contributed by atoms with Gasteiger partial charge in [-0.15, -0.1) is 0 Å². The average molecular weight is 447 g/mol. The van der Waals surface area contributed by atoms with Gasteiger partial charge in [-0.05, 0) is 68.9 Å². The number of nitrogens with zero attached hydrogens (tertiary/aromatic N) is 3. The second-order valence-electron chi connectivity index (χ2n) is 9.00. The number of aromatic nitrogens is 2. The fourth-order valence-corrected chi connectivity index (χ4v) is 4.50. The predicted molar refractivity (Wildman–Crippen MR) is 129 cm³/mol. The van der Waals surface area contributed by atoms with Crippen LogP contribution in [-0.4, -0.2) is 61.8 Å². The van der Waals surface area contributed by atoms with Crippen molar-refractivity contribution in [2.75, 3.05) is 41.0 Å². The molecule has 0 radical (unpaired) electrons. The number of likely N-dealkylation sites (N-methyl/N-ethyl adjacent to an activating group) is 1. The molecule has 2 aliphatic rings. The molecule has 1 unspecified atom stereocenters. The molecule has 7 heteroatoms. The van der Waals surface area contributed by atoms with Crippen molar-refractivity contribution in [3.05, 3.63) is 53.3 Å². The Kier molecular flexibility index (Phi) is 5.81. The lowest BCUT2D eigenvalue weighted by atomic mass is 9.90. The van der Waals surface area contributed by atoms with Crippen LogP contribution in [0, 0.1) is 12.8 Å². The van der Waals surface area contributed by atoms with E-state index in [1.54, 1.807) is 7.11 Å². The number of nitrogens with one attached hydrogen (secondary N) is 1. The SMILES string of the molecule is COc1ccc2c(c1)CC(C1=Nc3cc(-c4cn[nH]c4C)cc(OCCN(C)C)c3C1)CO2. The highest BCUT2D eigenvalue weighted by Crippen LogP contribution is 2.42. The van der Waals surface area contributed by atoms with E-state index in [9.17, 15) is 0 Å². The monoisotopic (exact) mass is 446 g/mol. The lowest BCUT2D eigenvalue weighted by Gasteiger charge is -2.25. The molecule has 0 bridgehead atoms. The summed E-state index contributed by atoms with van der Waals surface area (Å²) in [4.78, 5) is 7.20. The molecule has 172 valence electrons. The Morgan fingerprint density at radius 2 is 2.09 bits per heavy atom. The summed E-state index contributed by atoms with van der Waals surface area (Å²) in [5, 5.41) is 7.23. The third kappa shape index (κ3) is 4.33. The molecular weight excluding hydrogens is 416 g/mol. The van der Waals surface area contributed by atoms with Gasteiger partial charge in [-0.25, -0.2) is 0 Å². The first-order valence-corrected chi connectivity index (χ1v) is 11.3. The highest BCUT2D eigenvalue weighted by atomic mass is 16.5. The van der Waals surface area contributed by atoms with Gasteiger partial charge in [-0.1, -0.05) is 0 Å². The Hall–Kier alpha value is -3.32. The number of benzene rings is 2. The Labute approximate surface area is 194 Å². The summed E-state index contributed by atoms with van der Waals surface area (Å²) in [5.41, 5.74) is 7.63. The topological polar surface area (TPSA) is 72.0 Å². The van der Waals surface area contributed by atoms with Crippen LogP contribution >= 0.6 is 0 Å². The first-order chi connectivity index (χ1) is 16.0. The maximum atomic E-state index is 6.27. The molecule has 3 heterocycles. The Bertz CT molecular complexity index is 1200. The van der Waals surface area contributed by atoms with Gasteiger partial charge < -0.3 is 19.1 Å². The lowest BCUT2D eigenvalue weighted by molar-refractivity contribution is 0.256. The largest absolute Gasteiger partial charge is 0.497 e. The molecule has 0 saturated carbocycles. The molecule has 0 amide bonds. The highest BCUT2D eigenvalue weighted by molar-refractivity contribution is 5.98. The summed E-state index contributed by atoms with van der Waals surface area (Å²) >= 11 is 0. The van der Waals surface area contributed by atoms with Crippen molar-refractivity contribution in [3.63, 3.8) is 0 Å². The maximum Gasteiger partial charge on any atom is 0.125 e. The minimum absolute atomic E-state index is 0.228. The van der Waals surface area contributed by atoms with E-state index in [0.29, 0.717) is 13.2 Å². The van der Waals surface area contributed by atoms with Crippen molar-refractivity contribution in [1.29, 1.82) is 0 Å². The molecule has 0 fully saturated rings. The highest BCUT2D eigenvalue weighted by Gasteiger charge is 2.30. The standard InChI is InChI=1S/C26H30N4O3/c1-16-22(14-27-29-16)17-11-24-21(26(12-17)32-8-7-30(2)3)13-23(28-24)19-9-18-10-20(31-4)5-6-25(18)33-15-19/h5-6,10-12,14,19H,7-9,13,15H2,1-4H3,(H,27,29). The van der Waals surface area contributed by atoms with Gasteiger partial charge in [-0.2, -0.15) is 5.10 Å². The van der Waals surface area contributed by atoms with E-state index in [4.69, 9.17) is 19.2 Å². The van der Waals surface area contributed by atoms with Crippen molar-refractivity contribution in [1.82, 2.24) is 15.1 Å². The molecule has 0 spiro atoms. The van der Waals surface area contributed by atoms with Crippen LogP contribution in [0.25, 0.3) is 11.1 Å². The van der Waals surface area contributed by atoms with Crippen LogP contribution < -0.4 is 14.2 Å². The fourth-order valence-electron chi connectivity index (χ4n) is 4.50. The normalized spacial score (nSPS) is 16.8. The van der Waals surface area contributed by atoms with Crippen LogP contribution in [0.3, 0.4) is 0 Å². The van der Waals surface area contributed by atoms with Crippen LogP contribution in [-0.2, 0) is 12.8 Å². The zero-order valence-corrected chi connectivity index (χ0v) is 19.6. The van der Waals surface area contributed by atoms with Gasteiger partial charge in [-0.3, -0.25) is 10.1 Å². The number of ether oxygens (including phenoxy) is 3. The van der Waals surface area contributed by atoms with Gasteiger partial charge in [0.15, 0.2) is 0 Å². The first-order valence-electron chi connectivity index (χ1n) is 11.3. The zero-order valence-electron chi connectivity index (χ0n) is 19.6. The first kappa shape index (κ1) is 21.5. The van der Waals surface area contributed by atoms with Crippen molar-refractivity contribution >= 4 is 11.4 Å². The third-order valence-electron chi connectivity index (χ3n) is 6.39. The molecule has 3 aromatic rings. The van der Waals surface area contributed by atoms with Gasteiger partial charge in [0.2, 0.25) is 0 Å². The number of aryl methyl sites for hydroxylation is 1. The quantitative estimate of drug-likeness (QED) is 0.589. The van der Waals surface area contributed by atoms with Crippen molar-refractivity contribution in [3.8, 4) is 28.4 Å². The van der Waals surface area contributed by atoms with Crippen LogP contribution in [0.2, 0.25) is 0 Å². The van der Waals surface area contributed by atoms with Crippen LogP contribution in [0.4, 0.5) is 5.69 Å². The summed E-state index contributed by atoms with van der Waals surface area (Å²) in [6, 6.07) is 10.3. The average Bonchev–Trinajstić information content (AvgIpc) is 3.44. The minimum Gasteiger partial charge on any atom is -0.497 e. The summed E-state index contributed by atoms with van der Waals surface area (Å²) in [6.07, 6.45) is 3.54. The summed E-state index contributed by atoms with van der Waals surface area (Å²) in [6.45, 7) is 4.15. The molecule has 0 saturated heterocycles. The number of methoxy groups -OCH3 is 1. The van der Waals surface area contributed by atoms with Gasteiger partial charge in [0, 0.05) is 41.4 Å². The second-order valence-corrected chi connectivity index (χ2v) is 9.00. The molecule has 5 rings (SSSR count). The number of fused-ring (bicyclic) bond motifs is 2. The van der Waals surface area contributed by atoms with E-state index in [0.717, 1.165) is 70.4 Å². The number of hydrogen-bond donors (Lipinski definition) is 1. The fraction of sp³-hybridized carbons (Fsp3) is 0.385. The van der Waals surface area contributed by atoms with E-state index >= 15 is 0 Å². The smallest absolute Gasteiger partial charge is 0.125 e. The van der Waals surface area contributed by atoms with Gasteiger partial charge >= 0.3 is 0 Å². The lowest BCUT2D eigenvalue weighted by Crippen LogP contribution is -2.28. The van der Waals surface area contributed by atoms with E-state index in [1.807, 2.05) is 25.3 Å². The zero-order chi connectivity index (χ0) is 22.9. The molecule has 0 aliphatic carbocycles. The van der Waals surface area contributed by atoms with Crippen molar-refractivity contribution in [2.24, 2.45) is 10.9 Å². The molecule has 2 aromatic carbocycles. The molecule has 2 aliphatic heterocycles. The second kappa shape index (κ2) is 8.90. The molecule has 7 nitrogen and oxygen atoms in total. The Balaban J connectivity index is 1.44. The summed E-state index contributed by atoms with van der Waals surface area (Å²) in [7, 11) is 5.80. The van der Waals surface area contributed by atoms with E-state index in [1.165, 1.54) is 5.56 Å². The maximum absolute atomic E-state index is 6.27. The van der Waals surface area contributed by atoms with Crippen LogP contribution in [0.5, 0.6) is 17.2 Å². The molecular formula is C26H30N4O3. The summed E-state index contributed by atoms with van der Waals surface area (Å²) < 4.78 is 17.8. The van der Waals surface area contributed by atoms with Crippen LogP contribution in [0.1, 0.15) is 16.8 Å². The van der Waals surface area contributed by atoms with Crippen LogP contribution in [0.15, 0.2) is 41.5 Å².